The summed E-state index contributed by atoms with van der Waals surface area (Å²) in [5.41, 5.74) is 6.36. The number of amides is 1. The first-order valence-corrected chi connectivity index (χ1v) is 6.94. The van der Waals surface area contributed by atoms with E-state index in [0.29, 0.717) is 33.8 Å². The fourth-order valence-corrected chi connectivity index (χ4v) is 2.49. The molecule has 0 atom stereocenters. The molecule has 2 rings (SSSR count). The van der Waals surface area contributed by atoms with Crippen LogP contribution in [0.3, 0.4) is 0 Å². The van der Waals surface area contributed by atoms with Crippen LogP contribution in [0.2, 0.25) is 10.0 Å². The van der Waals surface area contributed by atoms with Gasteiger partial charge in [0.1, 0.15) is 0 Å². The van der Waals surface area contributed by atoms with Crippen LogP contribution < -0.4 is 11.1 Å². The average Bonchev–Trinajstić information content (AvgIpc) is 2.42. The summed E-state index contributed by atoms with van der Waals surface area (Å²) in [5, 5.41) is 3.48. The summed E-state index contributed by atoms with van der Waals surface area (Å²) in [6.45, 7) is 2.17. The third-order valence-electron chi connectivity index (χ3n) is 3.23. The summed E-state index contributed by atoms with van der Waals surface area (Å²) in [7, 11) is 0. The van der Waals surface area contributed by atoms with E-state index < -0.39 is 0 Å². The monoisotopic (exact) mass is 302 g/mol. The Labute approximate surface area is 122 Å². The molecule has 1 aliphatic heterocycles. The number of hydrogen-bond donors (Lipinski definition) is 2. The first-order valence-electron chi connectivity index (χ1n) is 6.18. The van der Waals surface area contributed by atoms with Crippen molar-refractivity contribution in [2.45, 2.75) is 12.8 Å². The van der Waals surface area contributed by atoms with Crippen LogP contribution in [-0.4, -0.2) is 25.7 Å². The summed E-state index contributed by atoms with van der Waals surface area (Å²) in [6.07, 6.45) is 1.95. The number of hydrogen-bond acceptors (Lipinski definition) is 3. The Bertz CT molecular complexity index is 451. The molecule has 1 saturated heterocycles. The van der Waals surface area contributed by atoms with Crippen LogP contribution >= 0.6 is 23.2 Å². The molecule has 0 unspecified atom stereocenters. The van der Waals surface area contributed by atoms with E-state index in [9.17, 15) is 4.79 Å². The van der Waals surface area contributed by atoms with Gasteiger partial charge in [0.25, 0.3) is 5.91 Å². The molecule has 1 aromatic rings. The fraction of sp³-hybridized carbons (Fsp3) is 0.462. The maximum atomic E-state index is 12.0. The molecule has 0 aromatic heterocycles. The fourth-order valence-electron chi connectivity index (χ4n) is 2.01. The van der Waals surface area contributed by atoms with Crippen molar-refractivity contribution in [2.75, 3.05) is 25.5 Å². The largest absolute Gasteiger partial charge is 0.396 e. The van der Waals surface area contributed by atoms with Gasteiger partial charge in [-0.1, -0.05) is 23.2 Å². The molecule has 4 nitrogen and oxygen atoms in total. The van der Waals surface area contributed by atoms with E-state index >= 15 is 0 Å². The third-order valence-corrected chi connectivity index (χ3v) is 3.86. The third kappa shape index (κ3) is 3.75. The Balaban J connectivity index is 1.96. The highest BCUT2D eigenvalue weighted by atomic mass is 35.5. The van der Waals surface area contributed by atoms with Crippen molar-refractivity contribution in [3.63, 3.8) is 0 Å². The van der Waals surface area contributed by atoms with Gasteiger partial charge >= 0.3 is 0 Å². The number of ether oxygens (including phenoxy) is 1. The predicted molar refractivity (Wildman–Crippen MR) is 76.8 cm³/mol. The van der Waals surface area contributed by atoms with Crippen LogP contribution in [0.25, 0.3) is 0 Å². The molecule has 0 spiro atoms. The zero-order valence-electron chi connectivity index (χ0n) is 10.4. The second-order valence-corrected chi connectivity index (χ2v) is 5.43. The van der Waals surface area contributed by atoms with E-state index in [0.717, 1.165) is 26.1 Å². The van der Waals surface area contributed by atoms with Gasteiger partial charge in [-0.2, -0.15) is 0 Å². The standard InChI is InChI=1S/C13H16Cl2N2O2/c14-10-5-9(6-11(15)12(10)16)13(18)17-7-8-1-3-19-4-2-8/h5-6,8H,1-4,7,16H2,(H,17,18). The molecular formula is C13H16Cl2N2O2. The summed E-state index contributed by atoms with van der Waals surface area (Å²) in [4.78, 5) is 12.0. The molecule has 3 N–H and O–H groups in total. The van der Waals surface area contributed by atoms with Crippen molar-refractivity contribution in [2.24, 2.45) is 5.92 Å². The molecule has 0 saturated carbocycles. The molecular weight excluding hydrogens is 287 g/mol. The van der Waals surface area contributed by atoms with Gasteiger partial charge in [0, 0.05) is 25.3 Å². The van der Waals surface area contributed by atoms with Crippen molar-refractivity contribution < 1.29 is 9.53 Å². The highest BCUT2D eigenvalue weighted by Crippen LogP contribution is 2.28. The zero-order chi connectivity index (χ0) is 13.8. The highest BCUT2D eigenvalue weighted by molar-refractivity contribution is 6.39. The van der Waals surface area contributed by atoms with Gasteiger partial charge < -0.3 is 15.8 Å². The minimum atomic E-state index is -0.185. The first kappa shape index (κ1) is 14.4. The van der Waals surface area contributed by atoms with Crippen molar-refractivity contribution in [3.05, 3.63) is 27.7 Å². The number of carbonyl (C=O) groups is 1. The van der Waals surface area contributed by atoms with Crippen LogP contribution in [0.4, 0.5) is 5.69 Å². The van der Waals surface area contributed by atoms with Crippen molar-refractivity contribution in [1.29, 1.82) is 0 Å². The number of rotatable bonds is 3. The number of nitrogens with two attached hydrogens (primary N) is 1. The Kier molecular flexibility index (Phi) is 4.91. The Morgan fingerprint density at radius 1 is 1.32 bits per heavy atom. The number of anilines is 1. The Morgan fingerprint density at radius 3 is 2.47 bits per heavy atom. The van der Waals surface area contributed by atoms with E-state index in [2.05, 4.69) is 5.32 Å². The Hall–Kier alpha value is -0.970. The second-order valence-electron chi connectivity index (χ2n) is 4.62. The van der Waals surface area contributed by atoms with Gasteiger partial charge in [0.15, 0.2) is 0 Å². The van der Waals surface area contributed by atoms with E-state index in [1.54, 1.807) is 0 Å². The molecule has 0 radical (unpaired) electrons. The van der Waals surface area contributed by atoms with Gasteiger partial charge in [-0.25, -0.2) is 0 Å². The minimum Gasteiger partial charge on any atom is -0.396 e. The number of carbonyl (C=O) groups excluding carboxylic acids is 1. The first-order chi connectivity index (χ1) is 9.08. The van der Waals surface area contributed by atoms with Gasteiger partial charge in [-0.05, 0) is 30.9 Å². The SMILES string of the molecule is Nc1c(Cl)cc(C(=O)NCC2CCOCC2)cc1Cl. The minimum absolute atomic E-state index is 0.185. The normalized spacial score (nSPS) is 16.3. The van der Waals surface area contributed by atoms with Crippen LogP contribution in [0.5, 0.6) is 0 Å². The van der Waals surface area contributed by atoms with Crippen molar-refractivity contribution in [1.82, 2.24) is 5.32 Å². The number of nitrogen functional groups attached to an aromatic ring is 1. The molecule has 0 bridgehead atoms. The predicted octanol–water partition coefficient (Wildman–Crippen LogP) is 2.73. The lowest BCUT2D eigenvalue weighted by molar-refractivity contribution is 0.0642. The van der Waals surface area contributed by atoms with Crippen molar-refractivity contribution in [3.8, 4) is 0 Å². The maximum absolute atomic E-state index is 12.0. The topological polar surface area (TPSA) is 64.4 Å². The molecule has 19 heavy (non-hydrogen) atoms. The highest BCUT2D eigenvalue weighted by Gasteiger charge is 2.16. The molecule has 1 aromatic carbocycles. The molecule has 1 amide bonds. The number of nitrogens with one attached hydrogen (secondary N) is 1. The summed E-state index contributed by atoms with van der Waals surface area (Å²) >= 11 is 11.8. The summed E-state index contributed by atoms with van der Waals surface area (Å²) < 4.78 is 5.27. The lowest BCUT2D eigenvalue weighted by atomic mass is 10.0. The molecule has 104 valence electrons. The van der Waals surface area contributed by atoms with Crippen LogP contribution in [-0.2, 0) is 4.74 Å². The smallest absolute Gasteiger partial charge is 0.251 e. The van der Waals surface area contributed by atoms with Gasteiger partial charge in [0.2, 0.25) is 0 Å². The molecule has 1 fully saturated rings. The van der Waals surface area contributed by atoms with E-state index in [4.69, 9.17) is 33.7 Å². The van der Waals surface area contributed by atoms with Crippen molar-refractivity contribution >= 4 is 34.8 Å². The van der Waals surface area contributed by atoms with Gasteiger partial charge in [-0.3, -0.25) is 4.79 Å². The molecule has 1 aliphatic rings. The van der Waals surface area contributed by atoms with Crippen LogP contribution in [0, 0.1) is 5.92 Å². The summed E-state index contributed by atoms with van der Waals surface area (Å²) in [6, 6.07) is 3.06. The van der Waals surface area contributed by atoms with E-state index in [1.165, 1.54) is 12.1 Å². The van der Waals surface area contributed by atoms with E-state index in [-0.39, 0.29) is 5.91 Å². The number of benzene rings is 1. The maximum Gasteiger partial charge on any atom is 0.251 e. The van der Waals surface area contributed by atoms with E-state index in [1.807, 2.05) is 0 Å². The molecule has 6 heteroatoms. The molecule has 1 heterocycles. The second kappa shape index (κ2) is 6.46. The average molecular weight is 303 g/mol. The zero-order valence-corrected chi connectivity index (χ0v) is 11.9. The van der Waals surface area contributed by atoms with Gasteiger partial charge in [0.05, 0.1) is 15.7 Å². The lowest BCUT2D eigenvalue weighted by Crippen LogP contribution is -2.32. The van der Waals surface area contributed by atoms with Crippen LogP contribution in [0.15, 0.2) is 12.1 Å². The van der Waals surface area contributed by atoms with Crippen LogP contribution in [0.1, 0.15) is 23.2 Å². The summed E-state index contributed by atoms with van der Waals surface area (Å²) in [5.74, 6) is 0.285. The quantitative estimate of drug-likeness (QED) is 0.844. The number of halogens is 2. The Morgan fingerprint density at radius 2 is 1.89 bits per heavy atom. The lowest BCUT2D eigenvalue weighted by Gasteiger charge is -2.22. The molecule has 0 aliphatic carbocycles. The van der Waals surface area contributed by atoms with Gasteiger partial charge in [-0.15, -0.1) is 0 Å².